The summed E-state index contributed by atoms with van der Waals surface area (Å²) in [5, 5.41) is 5.59. The topological polar surface area (TPSA) is 0 Å². The van der Waals surface area contributed by atoms with Crippen LogP contribution in [0.2, 0.25) is 0 Å². The summed E-state index contributed by atoms with van der Waals surface area (Å²) in [5.41, 5.74) is 1.51. The molecule has 3 aromatic carbocycles. The van der Waals surface area contributed by atoms with Gasteiger partial charge >= 0.3 is 0 Å². The molecule has 0 aliphatic rings. The van der Waals surface area contributed by atoms with Crippen molar-refractivity contribution in [3.63, 3.8) is 0 Å². The summed E-state index contributed by atoms with van der Waals surface area (Å²) < 4.78 is 0. The Bertz CT molecular complexity index is 724. The van der Waals surface area contributed by atoms with Crippen molar-refractivity contribution in [2.24, 2.45) is 0 Å². The number of benzene rings is 3. The Morgan fingerprint density at radius 1 is 0.667 bits per heavy atom. The van der Waals surface area contributed by atoms with Gasteiger partial charge in [-0.15, -0.1) is 0 Å². The maximum atomic E-state index is 2.40. The Morgan fingerprint density at radius 3 is 2.14 bits per heavy atom. The minimum absolute atomic E-state index is 1.20. The zero-order valence-corrected chi connectivity index (χ0v) is 12.9. The molecule has 0 N–H and O–H groups in total. The largest absolute Gasteiger partial charge is 0.0654 e. The molecule has 108 valence electrons. The molecule has 0 nitrogen and oxygen atoms in total. The fourth-order valence-corrected chi connectivity index (χ4v) is 3.26. The minimum Gasteiger partial charge on any atom is -0.0654 e. The number of aryl methyl sites for hydroxylation is 1. The van der Waals surface area contributed by atoms with Gasteiger partial charge < -0.3 is 0 Å². The zero-order chi connectivity index (χ0) is 14.5. The van der Waals surface area contributed by atoms with Gasteiger partial charge in [0.15, 0.2) is 0 Å². The second-order valence-electron chi connectivity index (χ2n) is 5.97. The Morgan fingerprint density at radius 2 is 1.33 bits per heavy atom. The van der Waals surface area contributed by atoms with E-state index in [-0.39, 0.29) is 0 Å². The second-order valence-corrected chi connectivity index (χ2v) is 5.97. The van der Waals surface area contributed by atoms with E-state index in [2.05, 4.69) is 61.5 Å². The van der Waals surface area contributed by atoms with Crippen LogP contribution >= 0.6 is 0 Å². The quantitative estimate of drug-likeness (QED) is 0.356. The summed E-state index contributed by atoms with van der Waals surface area (Å²) in [6, 6.07) is 20.0. The second kappa shape index (κ2) is 6.76. The van der Waals surface area contributed by atoms with Crippen LogP contribution in [0.4, 0.5) is 0 Å². The average molecular weight is 276 g/mol. The van der Waals surface area contributed by atoms with Crippen molar-refractivity contribution in [3.8, 4) is 0 Å². The first-order chi connectivity index (χ1) is 10.4. The van der Waals surface area contributed by atoms with Crippen LogP contribution < -0.4 is 0 Å². The smallest absolute Gasteiger partial charge is 0.0103 e. The molecule has 21 heavy (non-hydrogen) atoms. The van der Waals surface area contributed by atoms with E-state index in [9.17, 15) is 0 Å². The highest BCUT2D eigenvalue weighted by atomic mass is 14.1. The summed E-state index contributed by atoms with van der Waals surface area (Å²) >= 11 is 0. The van der Waals surface area contributed by atoms with Crippen molar-refractivity contribution < 1.29 is 0 Å². The lowest BCUT2D eigenvalue weighted by atomic mass is 9.94. The molecule has 0 heteroatoms. The molecule has 0 amide bonds. The SMILES string of the molecule is CCCCCCCc1cc2ccccc2c2ccccc12. The van der Waals surface area contributed by atoms with Gasteiger partial charge in [-0.25, -0.2) is 0 Å². The van der Waals surface area contributed by atoms with Crippen LogP contribution in [0, 0.1) is 0 Å². The third-order valence-corrected chi connectivity index (χ3v) is 4.40. The monoisotopic (exact) mass is 276 g/mol. The predicted molar refractivity (Wildman–Crippen MR) is 93.9 cm³/mol. The minimum atomic E-state index is 1.20. The zero-order valence-electron chi connectivity index (χ0n) is 12.9. The molecule has 0 aliphatic heterocycles. The Kier molecular flexibility index (Phi) is 4.55. The van der Waals surface area contributed by atoms with Gasteiger partial charge in [-0.1, -0.05) is 87.2 Å². The van der Waals surface area contributed by atoms with Crippen LogP contribution in [-0.2, 0) is 6.42 Å². The molecular formula is C21H24. The van der Waals surface area contributed by atoms with Gasteiger partial charge in [0.2, 0.25) is 0 Å². The summed E-state index contributed by atoms with van der Waals surface area (Å²) in [5.74, 6) is 0. The molecule has 0 heterocycles. The highest BCUT2D eigenvalue weighted by Gasteiger charge is 2.05. The van der Waals surface area contributed by atoms with Crippen molar-refractivity contribution >= 4 is 21.5 Å². The van der Waals surface area contributed by atoms with Crippen LogP contribution in [0.3, 0.4) is 0 Å². The van der Waals surface area contributed by atoms with Gasteiger partial charge in [-0.05, 0) is 39.9 Å². The van der Waals surface area contributed by atoms with Gasteiger partial charge in [0, 0.05) is 0 Å². The van der Waals surface area contributed by atoms with Crippen LogP contribution in [0.25, 0.3) is 21.5 Å². The van der Waals surface area contributed by atoms with Gasteiger partial charge in [0.25, 0.3) is 0 Å². The molecule has 3 aromatic rings. The van der Waals surface area contributed by atoms with Crippen molar-refractivity contribution in [2.45, 2.75) is 45.4 Å². The summed E-state index contributed by atoms with van der Waals surface area (Å²) in [6.45, 7) is 2.27. The Hall–Kier alpha value is -1.82. The van der Waals surface area contributed by atoms with E-state index >= 15 is 0 Å². The number of hydrogen-bond donors (Lipinski definition) is 0. The van der Waals surface area contributed by atoms with Gasteiger partial charge in [-0.2, -0.15) is 0 Å². The fourth-order valence-electron chi connectivity index (χ4n) is 3.26. The molecule has 0 saturated heterocycles. The maximum absolute atomic E-state index is 2.40. The molecule has 0 fully saturated rings. The summed E-state index contributed by atoms with van der Waals surface area (Å²) in [7, 11) is 0. The van der Waals surface area contributed by atoms with Crippen molar-refractivity contribution in [3.05, 3.63) is 60.2 Å². The van der Waals surface area contributed by atoms with Crippen LogP contribution in [0.5, 0.6) is 0 Å². The Balaban J connectivity index is 1.92. The predicted octanol–water partition coefficient (Wildman–Crippen LogP) is 6.51. The highest BCUT2D eigenvalue weighted by molar-refractivity contribution is 6.08. The van der Waals surface area contributed by atoms with E-state index in [1.54, 1.807) is 0 Å². The third-order valence-electron chi connectivity index (χ3n) is 4.40. The van der Waals surface area contributed by atoms with Crippen LogP contribution in [-0.4, -0.2) is 0 Å². The van der Waals surface area contributed by atoms with E-state index in [1.165, 1.54) is 65.6 Å². The van der Waals surface area contributed by atoms with Crippen molar-refractivity contribution in [2.75, 3.05) is 0 Å². The standard InChI is InChI=1S/C21H24/c1-2-3-4-5-6-11-17-16-18-12-7-8-13-19(18)21-15-10-9-14-20(17)21/h7-10,12-16H,2-6,11H2,1H3. The number of fused-ring (bicyclic) bond motifs is 3. The average Bonchev–Trinajstić information content (AvgIpc) is 2.54. The number of rotatable bonds is 6. The summed E-state index contributed by atoms with van der Waals surface area (Å²) in [4.78, 5) is 0. The molecule has 0 atom stereocenters. The van der Waals surface area contributed by atoms with Crippen molar-refractivity contribution in [1.29, 1.82) is 0 Å². The van der Waals surface area contributed by atoms with E-state index in [4.69, 9.17) is 0 Å². The molecule has 0 bridgehead atoms. The highest BCUT2D eigenvalue weighted by Crippen LogP contribution is 2.29. The van der Waals surface area contributed by atoms with Gasteiger partial charge in [-0.3, -0.25) is 0 Å². The van der Waals surface area contributed by atoms with E-state index in [0.29, 0.717) is 0 Å². The first kappa shape index (κ1) is 14.1. The molecule has 0 saturated carbocycles. The first-order valence-corrected chi connectivity index (χ1v) is 8.29. The van der Waals surface area contributed by atoms with E-state index in [0.717, 1.165) is 0 Å². The fraction of sp³-hybridized carbons (Fsp3) is 0.333. The number of unbranched alkanes of at least 4 members (excludes halogenated alkanes) is 4. The normalized spacial score (nSPS) is 11.3. The molecule has 0 aliphatic carbocycles. The van der Waals surface area contributed by atoms with Gasteiger partial charge in [0.1, 0.15) is 0 Å². The lowest BCUT2D eigenvalue weighted by Crippen LogP contribution is -1.90. The molecule has 0 unspecified atom stereocenters. The lowest BCUT2D eigenvalue weighted by molar-refractivity contribution is 0.633. The third kappa shape index (κ3) is 3.10. The van der Waals surface area contributed by atoms with Gasteiger partial charge in [0.05, 0.1) is 0 Å². The molecule has 0 radical (unpaired) electrons. The maximum Gasteiger partial charge on any atom is -0.0103 e. The molecule has 0 aromatic heterocycles. The van der Waals surface area contributed by atoms with E-state index in [1.807, 2.05) is 0 Å². The van der Waals surface area contributed by atoms with E-state index < -0.39 is 0 Å². The molecule has 0 spiro atoms. The first-order valence-electron chi connectivity index (χ1n) is 8.29. The lowest BCUT2D eigenvalue weighted by Gasteiger charge is -2.10. The molecule has 3 rings (SSSR count). The van der Waals surface area contributed by atoms with Crippen LogP contribution in [0.1, 0.15) is 44.6 Å². The van der Waals surface area contributed by atoms with Crippen LogP contribution in [0.15, 0.2) is 54.6 Å². The molecular weight excluding hydrogens is 252 g/mol. The Labute approximate surface area is 127 Å². The summed E-state index contributed by atoms with van der Waals surface area (Å²) in [6.07, 6.45) is 7.94. The number of hydrogen-bond acceptors (Lipinski definition) is 0. The van der Waals surface area contributed by atoms with Crippen molar-refractivity contribution in [1.82, 2.24) is 0 Å².